The largest absolute Gasteiger partial charge is 0.354 e. The van der Waals surface area contributed by atoms with Crippen LogP contribution in [0.25, 0.3) is 5.69 Å². The molecule has 4 heterocycles. The number of fused-ring (bicyclic) bond motifs is 3. The number of benzene rings is 1. The van der Waals surface area contributed by atoms with Crippen LogP contribution < -0.4 is 4.90 Å². The first-order valence-electron chi connectivity index (χ1n) is 10.5. The van der Waals surface area contributed by atoms with Gasteiger partial charge in [-0.1, -0.05) is 11.6 Å². The van der Waals surface area contributed by atoms with Gasteiger partial charge in [0.05, 0.1) is 17.9 Å². The fourth-order valence-corrected chi connectivity index (χ4v) is 5.59. The highest BCUT2D eigenvalue weighted by molar-refractivity contribution is 6.30. The number of halogens is 1. The first-order chi connectivity index (χ1) is 14.5. The maximum absolute atomic E-state index is 6.31. The van der Waals surface area contributed by atoms with Crippen LogP contribution in [0, 0.1) is 5.41 Å². The van der Waals surface area contributed by atoms with Gasteiger partial charge in [0, 0.05) is 48.4 Å². The van der Waals surface area contributed by atoms with Gasteiger partial charge in [0.1, 0.15) is 11.6 Å². The molecule has 1 unspecified atom stereocenters. The standard InChI is InChI=1S/C22H24ClN7/c1-14-20-26-27-21(30(20)18-4-3-17(23)7-15(18)11-28(14)2)16-8-22(9-16)12-29(13-22)19-10-24-5-6-25-19/h3-7,10,14,16H,8-9,11-13H2,1-2H3. The molecule has 0 bridgehead atoms. The molecule has 0 amide bonds. The Morgan fingerprint density at radius 1 is 1.10 bits per heavy atom. The van der Waals surface area contributed by atoms with Gasteiger partial charge < -0.3 is 4.90 Å². The van der Waals surface area contributed by atoms with Crippen molar-refractivity contribution < 1.29 is 0 Å². The third-order valence-corrected chi connectivity index (χ3v) is 7.34. The van der Waals surface area contributed by atoms with Crippen molar-refractivity contribution in [2.45, 2.75) is 38.3 Å². The van der Waals surface area contributed by atoms with Gasteiger partial charge in [0.15, 0.2) is 5.82 Å². The van der Waals surface area contributed by atoms with Gasteiger partial charge in [-0.25, -0.2) is 4.98 Å². The van der Waals surface area contributed by atoms with Gasteiger partial charge in [0.2, 0.25) is 0 Å². The van der Waals surface area contributed by atoms with Crippen molar-refractivity contribution in [3.8, 4) is 5.69 Å². The lowest BCUT2D eigenvalue weighted by atomic mass is 9.57. The van der Waals surface area contributed by atoms with Gasteiger partial charge in [-0.05, 0) is 50.6 Å². The average Bonchev–Trinajstić information content (AvgIpc) is 3.06. The van der Waals surface area contributed by atoms with E-state index in [0.717, 1.165) is 55.0 Å². The molecule has 2 aromatic heterocycles. The van der Waals surface area contributed by atoms with Crippen molar-refractivity contribution in [3.63, 3.8) is 0 Å². The molecule has 1 aromatic carbocycles. The topological polar surface area (TPSA) is 63.0 Å². The molecule has 154 valence electrons. The highest BCUT2D eigenvalue weighted by atomic mass is 35.5. The number of nitrogens with zero attached hydrogens (tertiary/aromatic N) is 7. The molecule has 3 aromatic rings. The van der Waals surface area contributed by atoms with Crippen LogP contribution >= 0.6 is 11.6 Å². The van der Waals surface area contributed by atoms with Crippen molar-refractivity contribution in [1.29, 1.82) is 0 Å². The first-order valence-corrected chi connectivity index (χ1v) is 10.9. The van der Waals surface area contributed by atoms with E-state index in [1.165, 1.54) is 11.3 Å². The van der Waals surface area contributed by atoms with E-state index in [-0.39, 0.29) is 6.04 Å². The fraction of sp³-hybridized carbons (Fsp3) is 0.455. The summed E-state index contributed by atoms with van der Waals surface area (Å²) in [4.78, 5) is 13.3. The zero-order valence-electron chi connectivity index (χ0n) is 17.2. The third kappa shape index (κ3) is 2.68. The van der Waals surface area contributed by atoms with E-state index in [1.54, 1.807) is 12.4 Å². The monoisotopic (exact) mass is 421 g/mol. The van der Waals surface area contributed by atoms with E-state index in [2.05, 4.69) is 60.6 Å². The molecule has 0 radical (unpaired) electrons. The zero-order valence-corrected chi connectivity index (χ0v) is 17.9. The predicted octanol–water partition coefficient (Wildman–Crippen LogP) is 3.60. The lowest BCUT2D eigenvalue weighted by Crippen LogP contribution is -2.62. The Bertz CT molecular complexity index is 1100. The van der Waals surface area contributed by atoms with Crippen LogP contribution in [-0.2, 0) is 6.54 Å². The summed E-state index contributed by atoms with van der Waals surface area (Å²) < 4.78 is 2.30. The molecule has 2 aliphatic heterocycles. The Morgan fingerprint density at radius 2 is 1.90 bits per heavy atom. The lowest BCUT2D eigenvalue weighted by molar-refractivity contribution is 0.0581. The number of anilines is 1. The molecular formula is C22H24ClN7. The summed E-state index contributed by atoms with van der Waals surface area (Å²) in [5.74, 6) is 3.53. The van der Waals surface area contributed by atoms with E-state index in [0.29, 0.717) is 11.3 Å². The number of aromatic nitrogens is 5. The van der Waals surface area contributed by atoms with Gasteiger partial charge in [-0.2, -0.15) is 0 Å². The van der Waals surface area contributed by atoms with Crippen molar-refractivity contribution in [3.05, 3.63) is 59.0 Å². The Balaban J connectivity index is 1.28. The number of rotatable bonds is 2. The first kappa shape index (κ1) is 18.3. The summed E-state index contributed by atoms with van der Waals surface area (Å²) in [6.45, 7) is 5.15. The summed E-state index contributed by atoms with van der Waals surface area (Å²) in [6.07, 6.45) is 7.63. The summed E-state index contributed by atoms with van der Waals surface area (Å²) in [7, 11) is 2.13. The minimum absolute atomic E-state index is 0.197. The average molecular weight is 422 g/mol. The second kappa shape index (κ2) is 6.49. The summed E-state index contributed by atoms with van der Waals surface area (Å²) >= 11 is 6.31. The van der Waals surface area contributed by atoms with Crippen LogP contribution in [-0.4, -0.2) is 49.8 Å². The van der Waals surface area contributed by atoms with Crippen molar-refractivity contribution in [1.82, 2.24) is 29.6 Å². The van der Waals surface area contributed by atoms with Crippen LogP contribution in [0.4, 0.5) is 5.82 Å². The van der Waals surface area contributed by atoms with Crippen molar-refractivity contribution in [2.24, 2.45) is 5.41 Å². The minimum Gasteiger partial charge on any atom is -0.354 e. The Labute approximate surface area is 180 Å². The SMILES string of the molecule is CC1c2nnc(C3CC4(C3)CN(c3cnccn3)C4)n2-c2ccc(Cl)cc2CN1C. The molecule has 1 spiro atoms. The second-order valence-electron chi connectivity index (χ2n) is 9.14. The van der Waals surface area contributed by atoms with Crippen LogP contribution in [0.2, 0.25) is 5.02 Å². The maximum atomic E-state index is 6.31. The van der Waals surface area contributed by atoms with Crippen LogP contribution in [0.5, 0.6) is 0 Å². The zero-order chi connectivity index (χ0) is 20.5. The molecule has 8 heteroatoms. The smallest absolute Gasteiger partial charge is 0.154 e. The third-order valence-electron chi connectivity index (χ3n) is 7.10. The number of hydrogen-bond acceptors (Lipinski definition) is 6. The molecule has 1 aliphatic carbocycles. The van der Waals surface area contributed by atoms with Crippen LogP contribution in [0.1, 0.15) is 48.9 Å². The van der Waals surface area contributed by atoms with E-state index < -0.39 is 0 Å². The molecular weight excluding hydrogens is 398 g/mol. The molecule has 1 saturated carbocycles. The van der Waals surface area contributed by atoms with Gasteiger partial charge >= 0.3 is 0 Å². The lowest BCUT2D eigenvalue weighted by Gasteiger charge is -2.59. The molecule has 2 fully saturated rings. The highest BCUT2D eigenvalue weighted by Crippen LogP contribution is 2.56. The normalized spacial score (nSPS) is 22.8. The fourth-order valence-electron chi connectivity index (χ4n) is 5.40. The van der Waals surface area contributed by atoms with E-state index in [4.69, 9.17) is 11.6 Å². The van der Waals surface area contributed by atoms with Crippen LogP contribution in [0.3, 0.4) is 0 Å². The highest BCUT2D eigenvalue weighted by Gasteiger charge is 2.54. The number of hydrogen-bond donors (Lipinski definition) is 0. The summed E-state index contributed by atoms with van der Waals surface area (Å²) in [5.41, 5.74) is 2.77. The second-order valence-corrected chi connectivity index (χ2v) is 9.58. The molecule has 6 rings (SSSR count). The maximum Gasteiger partial charge on any atom is 0.154 e. The van der Waals surface area contributed by atoms with E-state index in [1.807, 2.05) is 12.3 Å². The predicted molar refractivity (Wildman–Crippen MR) is 115 cm³/mol. The van der Waals surface area contributed by atoms with Crippen molar-refractivity contribution >= 4 is 17.4 Å². The van der Waals surface area contributed by atoms with Gasteiger partial charge in [-0.3, -0.25) is 14.5 Å². The summed E-state index contributed by atoms with van der Waals surface area (Å²) in [6, 6.07) is 6.36. The minimum atomic E-state index is 0.197. The van der Waals surface area contributed by atoms with Gasteiger partial charge in [0.25, 0.3) is 0 Å². The summed E-state index contributed by atoms with van der Waals surface area (Å²) in [5, 5.41) is 10.1. The van der Waals surface area contributed by atoms with E-state index in [9.17, 15) is 0 Å². The Kier molecular flexibility index (Phi) is 3.95. The molecule has 7 nitrogen and oxygen atoms in total. The Hall–Kier alpha value is -2.51. The molecule has 1 saturated heterocycles. The quantitative estimate of drug-likeness (QED) is 0.630. The Morgan fingerprint density at radius 3 is 2.67 bits per heavy atom. The molecule has 0 N–H and O–H groups in total. The van der Waals surface area contributed by atoms with Crippen molar-refractivity contribution in [2.75, 3.05) is 25.0 Å². The molecule has 30 heavy (non-hydrogen) atoms. The van der Waals surface area contributed by atoms with Crippen LogP contribution in [0.15, 0.2) is 36.8 Å². The molecule has 1 atom stereocenters. The molecule has 3 aliphatic rings. The van der Waals surface area contributed by atoms with E-state index >= 15 is 0 Å². The van der Waals surface area contributed by atoms with Gasteiger partial charge in [-0.15, -0.1) is 10.2 Å².